The molecule has 0 bridgehead atoms. The molecule has 0 amide bonds. The van der Waals surface area contributed by atoms with Gasteiger partial charge in [0.15, 0.2) is 0 Å². The maximum atomic E-state index is 10.00. The second kappa shape index (κ2) is 6.50. The highest BCUT2D eigenvalue weighted by Crippen LogP contribution is 2.22. The molecule has 1 rings (SSSR count). The van der Waals surface area contributed by atoms with Crippen LogP contribution in [0.5, 0.6) is 0 Å². The number of hydrogen-bond acceptors (Lipinski definition) is 4. The summed E-state index contributed by atoms with van der Waals surface area (Å²) in [5, 5.41) is 24.6. The Morgan fingerprint density at radius 2 is 2.12 bits per heavy atom. The Bertz CT molecular complexity index is 306. The van der Waals surface area contributed by atoms with Gasteiger partial charge in [-0.25, -0.2) is 0 Å². The molecule has 0 unspecified atom stereocenters. The van der Waals surface area contributed by atoms with Crippen LogP contribution in [0.2, 0.25) is 0 Å². The van der Waals surface area contributed by atoms with E-state index >= 15 is 0 Å². The Morgan fingerprint density at radius 3 is 2.59 bits per heavy atom. The summed E-state index contributed by atoms with van der Waals surface area (Å²) in [7, 11) is 0. The lowest BCUT2D eigenvalue weighted by atomic mass is 9.85. The van der Waals surface area contributed by atoms with Gasteiger partial charge in [0, 0.05) is 17.5 Å². The molecule has 0 saturated heterocycles. The number of aliphatic hydroxyl groups excluding tert-OH is 2. The van der Waals surface area contributed by atoms with Crippen LogP contribution in [0.1, 0.15) is 32.1 Å². The van der Waals surface area contributed by atoms with Gasteiger partial charge in [0.05, 0.1) is 12.7 Å². The Balaban J connectivity index is 2.38. The van der Waals surface area contributed by atoms with Crippen molar-refractivity contribution in [2.45, 2.75) is 45.9 Å². The van der Waals surface area contributed by atoms with Crippen LogP contribution in [-0.4, -0.2) is 29.0 Å². The SMILES string of the molecule is CC(C)(C)[C@H](O)C[C@@H](CO)NCc1cccs1. The fraction of sp³-hybridized carbons (Fsp3) is 0.692. The van der Waals surface area contributed by atoms with Crippen molar-refractivity contribution < 1.29 is 10.2 Å². The zero-order chi connectivity index (χ0) is 12.9. The average Bonchev–Trinajstić information content (AvgIpc) is 2.75. The third-order valence-electron chi connectivity index (χ3n) is 2.87. The van der Waals surface area contributed by atoms with Crippen LogP contribution in [-0.2, 0) is 6.54 Å². The van der Waals surface area contributed by atoms with Crippen molar-refractivity contribution in [1.82, 2.24) is 5.32 Å². The quantitative estimate of drug-likeness (QED) is 0.730. The summed E-state index contributed by atoms with van der Waals surface area (Å²) >= 11 is 1.69. The smallest absolute Gasteiger partial charge is 0.0604 e. The topological polar surface area (TPSA) is 52.5 Å². The van der Waals surface area contributed by atoms with E-state index in [2.05, 4.69) is 11.4 Å². The minimum Gasteiger partial charge on any atom is -0.395 e. The Morgan fingerprint density at radius 1 is 1.41 bits per heavy atom. The molecule has 0 aliphatic carbocycles. The molecule has 4 heteroatoms. The van der Waals surface area contributed by atoms with E-state index < -0.39 is 6.10 Å². The second-order valence-electron chi connectivity index (χ2n) is 5.46. The van der Waals surface area contributed by atoms with Crippen molar-refractivity contribution in [2.24, 2.45) is 5.41 Å². The van der Waals surface area contributed by atoms with Gasteiger partial charge in [-0.1, -0.05) is 26.8 Å². The van der Waals surface area contributed by atoms with Crippen molar-refractivity contribution in [3.05, 3.63) is 22.4 Å². The zero-order valence-corrected chi connectivity index (χ0v) is 11.6. The number of thiophene rings is 1. The van der Waals surface area contributed by atoms with Gasteiger partial charge in [-0.3, -0.25) is 0 Å². The van der Waals surface area contributed by atoms with Crippen LogP contribution in [0, 0.1) is 5.41 Å². The number of nitrogens with one attached hydrogen (secondary N) is 1. The molecule has 0 fully saturated rings. The monoisotopic (exact) mass is 257 g/mol. The van der Waals surface area contributed by atoms with E-state index in [1.54, 1.807) is 11.3 Å². The van der Waals surface area contributed by atoms with Crippen LogP contribution < -0.4 is 5.32 Å². The molecule has 3 N–H and O–H groups in total. The van der Waals surface area contributed by atoms with Gasteiger partial charge in [0.25, 0.3) is 0 Å². The highest BCUT2D eigenvalue weighted by Gasteiger charge is 2.25. The minimum absolute atomic E-state index is 0.0497. The average molecular weight is 257 g/mol. The minimum atomic E-state index is -0.407. The summed E-state index contributed by atoms with van der Waals surface area (Å²) in [4.78, 5) is 1.24. The summed E-state index contributed by atoms with van der Waals surface area (Å²) in [6, 6.07) is 4.03. The first kappa shape index (κ1) is 14.6. The molecule has 0 radical (unpaired) electrons. The van der Waals surface area contributed by atoms with E-state index in [1.807, 2.05) is 32.2 Å². The summed E-state index contributed by atoms with van der Waals surface area (Å²) in [6.07, 6.45) is 0.168. The summed E-state index contributed by atoms with van der Waals surface area (Å²) in [6.45, 7) is 6.82. The van der Waals surface area contributed by atoms with Gasteiger partial charge in [-0.05, 0) is 23.3 Å². The van der Waals surface area contributed by atoms with Crippen molar-refractivity contribution in [3.63, 3.8) is 0 Å². The first-order valence-electron chi connectivity index (χ1n) is 5.98. The van der Waals surface area contributed by atoms with E-state index in [0.29, 0.717) is 6.42 Å². The Labute approximate surface area is 107 Å². The Hall–Kier alpha value is -0.420. The van der Waals surface area contributed by atoms with Crippen molar-refractivity contribution >= 4 is 11.3 Å². The third-order valence-corrected chi connectivity index (χ3v) is 3.75. The van der Waals surface area contributed by atoms with Gasteiger partial charge in [0.2, 0.25) is 0 Å². The van der Waals surface area contributed by atoms with Crippen LogP contribution in [0.4, 0.5) is 0 Å². The highest BCUT2D eigenvalue weighted by atomic mass is 32.1. The maximum Gasteiger partial charge on any atom is 0.0604 e. The number of rotatable bonds is 6. The van der Waals surface area contributed by atoms with Gasteiger partial charge in [0.1, 0.15) is 0 Å². The van der Waals surface area contributed by atoms with Crippen LogP contribution >= 0.6 is 11.3 Å². The fourth-order valence-corrected chi connectivity index (χ4v) is 2.16. The molecule has 1 aromatic rings. The highest BCUT2D eigenvalue weighted by molar-refractivity contribution is 7.09. The molecule has 0 aliphatic heterocycles. The molecule has 0 aliphatic rings. The summed E-state index contributed by atoms with van der Waals surface area (Å²) < 4.78 is 0. The van der Waals surface area contributed by atoms with Gasteiger partial charge < -0.3 is 15.5 Å². The molecule has 1 aromatic heterocycles. The van der Waals surface area contributed by atoms with E-state index in [1.165, 1.54) is 4.88 Å². The standard InChI is InChI=1S/C13H23NO2S/c1-13(2,3)12(16)7-10(9-15)14-8-11-5-4-6-17-11/h4-6,10,12,14-16H,7-9H2,1-3H3/t10-,12+/m0/s1. The number of aliphatic hydroxyl groups is 2. The van der Waals surface area contributed by atoms with Crippen molar-refractivity contribution in [1.29, 1.82) is 0 Å². The van der Waals surface area contributed by atoms with Crippen molar-refractivity contribution in [3.8, 4) is 0 Å². The van der Waals surface area contributed by atoms with Crippen molar-refractivity contribution in [2.75, 3.05) is 6.61 Å². The normalized spacial score (nSPS) is 15.8. The number of hydrogen-bond donors (Lipinski definition) is 3. The first-order chi connectivity index (χ1) is 7.93. The molecule has 2 atom stereocenters. The first-order valence-corrected chi connectivity index (χ1v) is 6.86. The van der Waals surface area contributed by atoms with Crippen LogP contribution in [0.15, 0.2) is 17.5 Å². The second-order valence-corrected chi connectivity index (χ2v) is 6.49. The fourth-order valence-electron chi connectivity index (χ4n) is 1.50. The van der Waals surface area contributed by atoms with E-state index in [9.17, 15) is 10.2 Å². The molecule has 98 valence electrons. The molecule has 17 heavy (non-hydrogen) atoms. The summed E-state index contributed by atoms with van der Waals surface area (Å²) in [5.74, 6) is 0. The van der Waals surface area contributed by atoms with E-state index in [0.717, 1.165) is 6.54 Å². The molecule has 1 heterocycles. The van der Waals surface area contributed by atoms with Crippen LogP contribution in [0.25, 0.3) is 0 Å². The summed E-state index contributed by atoms with van der Waals surface area (Å²) in [5.41, 5.74) is -0.141. The van der Waals surface area contributed by atoms with E-state index in [4.69, 9.17) is 0 Å². The molecule has 0 spiro atoms. The molecule has 0 saturated carbocycles. The lowest BCUT2D eigenvalue weighted by Crippen LogP contribution is -2.39. The Kier molecular flexibility index (Phi) is 5.59. The van der Waals surface area contributed by atoms with Gasteiger partial charge in [-0.15, -0.1) is 11.3 Å². The van der Waals surface area contributed by atoms with Crippen LogP contribution in [0.3, 0.4) is 0 Å². The predicted molar refractivity (Wildman–Crippen MR) is 72.1 cm³/mol. The lowest BCUT2D eigenvalue weighted by Gasteiger charge is -2.29. The molecule has 3 nitrogen and oxygen atoms in total. The lowest BCUT2D eigenvalue weighted by molar-refractivity contribution is 0.0389. The van der Waals surface area contributed by atoms with Gasteiger partial charge >= 0.3 is 0 Å². The van der Waals surface area contributed by atoms with E-state index in [-0.39, 0.29) is 18.1 Å². The van der Waals surface area contributed by atoms with Gasteiger partial charge in [-0.2, -0.15) is 0 Å². The maximum absolute atomic E-state index is 10.00. The molecule has 0 aromatic carbocycles. The predicted octanol–water partition coefficient (Wildman–Crippen LogP) is 2.00. The largest absolute Gasteiger partial charge is 0.395 e. The third kappa shape index (κ3) is 5.17. The zero-order valence-electron chi connectivity index (χ0n) is 10.8. The molecular weight excluding hydrogens is 234 g/mol. The molecular formula is C13H23NO2S.